The fraction of sp³-hybridized carbons (Fsp3) is 0.333. The highest BCUT2D eigenvalue weighted by molar-refractivity contribution is 5.91. The highest BCUT2D eigenvalue weighted by Gasteiger charge is 2.17. The van der Waals surface area contributed by atoms with Crippen molar-refractivity contribution in [1.29, 1.82) is 0 Å². The molecule has 1 heterocycles. The van der Waals surface area contributed by atoms with E-state index in [2.05, 4.69) is 20.8 Å². The van der Waals surface area contributed by atoms with E-state index in [1.165, 1.54) is 0 Å². The Kier molecular flexibility index (Phi) is 5.42. The Labute approximate surface area is 131 Å². The zero-order chi connectivity index (χ0) is 16.8. The molecule has 0 aliphatic rings. The van der Waals surface area contributed by atoms with Crippen LogP contribution in [-0.4, -0.2) is 46.3 Å². The Hall–Kier alpha value is -2.74. The Morgan fingerprint density at radius 3 is 2.70 bits per heavy atom. The van der Waals surface area contributed by atoms with Gasteiger partial charge in [-0.2, -0.15) is 5.10 Å². The van der Waals surface area contributed by atoms with Gasteiger partial charge in [-0.15, -0.1) is 0 Å². The van der Waals surface area contributed by atoms with Crippen molar-refractivity contribution < 1.29 is 14.7 Å². The number of aliphatic hydroxyl groups excluding tert-OH is 1. The second kappa shape index (κ2) is 7.50. The standard InChI is InChI=1S/C15H18N4O4/c1-9(14(22)16-6-7-20)17-13(21)8-12-10-4-2-3-5-11(10)15(23)19-18-12/h2-5,9,20H,6-8H2,1H3,(H,16,22)(H,17,21)(H,19,23). The number of hydrogen-bond donors (Lipinski definition) is 4. The van der Waals surface area contributed by atoms with Crippen LogP contribution in [0, 0.1) is 0 Å². The molecule has 1 aromatic heterocycles. The molecule has 0 spiro atoms. The predicted molar refractivity (Wildman–Crippen MR) is 83.8 cm³/mol. The first kappa shape index (κ1) is 16.6. The van der Waals surface area contributed by atoms with Crippen LogP contribution in [0.5, 0.6) is 0 Å². The molecular weight excluding hydrogens is 300 g/mol. The van der Waals surface area contributed by atoms with Crippen molar-refractivity contribution in [1.82, 2.24) is 20.8 Å². The van der Waals surface area contributed by atoms with Gasteiger partial charge >= 0.3 is 0 Å². The summed E-state index contributed by atoms with van der Waals surface area (Å²) in [5.41, 5.74) is 0.113. The second-order valence-corrected chi connectivity index (χ2v) is 5.03. The number of carbonyl (C=O) groups excluding carboxylic acids is 2. The van der Waals surface area contributed by atoms with Crippen molar-refractivity contribution in [2.24, 2.45) is 0 Å². The number of fused-ring (bicyclic) bond motifs is 1. The first-order valence-electron chi connectivity index (χ1n) is 7.17. The van der Waals surface area contributed by atoms with Gasteiger partial charge in [0.2, 0.25) is 11.8 Å². The Morgan fingerprint density at radius 2 is 2.00 bits per heavy atom. The summed E-state index contributed by atoms with van der Waals surface area (Å²) in [4.78, 5) is 35.4. The van der Waals surface area contributed by atoms with E-state index in [9.17, 15) is 14.4 Å². The van der Waals surface area contributed by atoms with E-state index in [0.29, 0.717) is 16.5 Å². The molecule has 0 bridgehead atoms. The molecule has 2 rings (SSSR count). The molecule has 8 nitrogen and oxygen atoms in total. The molecule has 1 aromatic carbocycles. The first-order chi connectivity index (χ1) is 11.0. The van der Waals surface area contributed by atoms with E-state index in [4.69, 9.17) is 5.11 Å². The molecule has 0 fully saturated rings. The lowest BCUT2D eigenvalue weighted by molar-refractivity contribution is -0.128. The molecule has 0 saturated heterocycles. The van der Waals surface area contributed by atoms with Crippen LogP contribution in [0.2, 0.25) is 0 Å². The van der Waals surface area contributed by atoms with E-state index in [1.807, 2.05) is 0 Å². The summed E-state index contributed by atoms with van der Waals surface area (Å²) in [6, 6.07) is 6.13. The topological polar surface area (TPSA) is 124 Å². The molecule has 0 radical (unpaired) electrons. The average molecular weight is 318 g/mol. The van der Waals surface area contributed by atoms with Crippen molar-refractivity contribution in [3.63, 3.8) is 0 Å². The molecule has 0 saturated carbocycles. The van der Waals surface area contributed by atoms with Gasteiger partial charge in [-0.1, -0.05) is 18.2 Å². The van der Waals surface area contributed by atoms with Gasteiger partial charge in [0.15, 0.2) is 0 Å². The van der Waals surface area contributed by atoms with Crippen LogP contribution in [-0.2, 0) is 16.0 Å². The highest BCUT2D eigenvalue weighted by Crippen LogP contribution is 2.12. The Balaban J connectivity index is 2.08. The molecule has 0 aliphatic heterocycles. The summed E-state index contributed by atoms with van der Waals surface area (Å²) in [5.74, 6) is -0.770. The van der Waals surface area contributed by atoms with Crippen LogP contribution in [0.1, 0.15) is 12.6 Å². The van der Waals surface area contributed by atoms with E-state index < -0.39 is 6.04 Å². The fourth-order valence-corrected chi connectivity index (χ4v) is 2.15. The van der Waals surface area contributed by atoms with E-state index in [0.717, 1.165) is 0 Å². The molecular formula is C15H18N4O4. The third-order valence-electron chi connectivity index (χ3n) is 3.28. The summed E-state index contributed by atoms with van der Waals surface area (Å²) in [6.45, 7) is 1.51. The number of rotatable bonds is 6. The molecule has 23 heavy (non-hydrogen) atoms. The summed E-state index contributed by atoms with van der Waals surface area (Å²) in [6.07, 6.45) is -0.0606. The average Bonchev–Trinajstić information content (AvgIpc) is 2.55. The first-order valence-corrected chi connectivity index (χ1v) is 7.17. The number of amides is 2. The summed E-state index contributed by atoms with van der Waals surface area (Å²) in [5, 5.41) is 21.0. The van der Waals surface area contributed by atoms with Gasteiger partial charge in [0.1, 0.15) is 6.04 Å². The lowest BCUT2D eigenvalue weighted by atomic mass is 10.1. The maximum absolute atomic E-state index is 12.1. The third kappa shape index (κ3) is 4.13. The van der Waals surface area contributed by atoms with Gasteiger partial charge in [0, 0.05) is 11.9 Å². The monoisotopic (exact) mass is 318 g/mol. The maximum Gasteiger partial charge on any atom is 0.272 e. The second-order valence-electron chi connectivity index (χ2n) is 5.03. The normalized spacial score (nSPS) is 11.9. The number of carbonyl (C=O) groups is 2. The number of aliphatic hydroxyl groups is 1. The van der Waals surface area contributed by atoms with E-state index in [-0.39, 0.29) is 36.9 Å². The van der Waals surface area contributed by atoms with Crippen LogP contribution >= 0.6 is 0 Å². The minimum Gasteiger partial charge on any atom is -0.395 e. The smallest absolute Gasteiger partial charge is 0.272 e. The number of hydrogen-bond acceptors (Lipinski definition) is 5. The van der Waals surface area contributed by atoms with E-state index >= 15 is 0 Å². The zero-order valence-electron chi connectivity index (χ0n) is 12.6. The molecule has 1 unspecified atom stereocenters. The summed E-state index contributed by atoms with van der Waals surface area (Å²) < 4.78 is 0. The van der Waals surface area contributed by atoms with Crippen molar-refractivity contribution in [2.45, 2.75) is 19.4 Å². The summed E-state index contributed by atoms with van der Waals surface area (Å²) >= 11 is 0. The fourth-order valence-electron chi connectivity index (χ4n) is 2.15. The predicted octanol–water partition coefficient (Wildman–Crippen LogP) is -0.921. The minimum atomic E-state index is -0.733. The molecule has 2 aromatic rings. The number of H-pyrrole nitrogens is 1. The molecule has 2 amide bonds. The number of nitrogens with zero attached hydrogens (tertiary/aromatic N) is 1. The van der Waals surface area contributed by atoms with Gasteiger partial charge in [0.25, 0.3) is 5.56 Å². The van der Waals surface area contributed by atoms with Crippen LogP contribution in [0.15, 0.2) is 29.1 Å². The molecule has 0 aliphatic carbocycles. The van der Waals surface area contributed by atoms with Crippen LogP contribution < -0.4 is 16.2 Å². The maximum atomic E-state index is 12.1. The minimum absolute atomic E-state index is 0.0606. The summed E-state index contributed by atoms with van der Waals surface area (Å²) in [7, 11) is 0. The van der Waals surface area contributed by atoms with Gasteiger partial charge in [-0.3, -0.25) is 14.4 Å². The molecule has 1 atom stereocenters. The van der Waals surface area contributed by atoms with Gasteiger partial charge in [-0.05, 0) is 13.0 Å². The van der Waals surface area contributed by atoms with Crippen molar-refractivity contribution in [3.05, 3.63) is 40.3 Å². The molecule has 8 heteroatoms. The van der Waals surface area contributed by atoms with Crippen LogP contribution in [0.25, 0.3) is 10.8 Å². The van der Waals surface area contributed by atoms with Crippen molar-refractivity contribution in [2.75, 3.05) is 13.2 Å². The third-order valence-corrected chi connectivity index (χ3v) is 3.28. The molecule has 122 valence electrons. The molecule has 4 N–H and O–H groups in total. The number of benzene rings is 1. The van der Waals surface area contributed by atoms with Gasteiger partial charge in [-0.25, -0.2) is 5.10 Å². The Bertz CT molecular complexity index is 771. The highest BCUT2D eigenvalue weighted by atomic mass is 16.3. The van der Waals surface area contributed by atoms with Crippen molar-refractivity contribution in [3.8, 4) is 0 Å². The van der Waals surface area contributed by atoms with Gasteiger partial charge < -0.3 is 15.7 Å². The quantitative estimate of drug-likeness (QED) is 0.548. The van der Waals surface area contributed by atoms with Gasteiger partial charge in [0.05, 0.1) is 24.1 Å². The van der Waals surface area contributed by atoms with E-state index in [1.54, 1.807) is 31.2 Å². The lowest BCUT2D eigenvalue weighted by Crippen LogP contribution is -2.46. The Morgan fingerprint density at radius 1 is 1.30 bits per heavy atom. The zero-order valence-corrected chi connectivity index (χ0v) is 12.6. The number of aromatic nitrogens is 2. The van der Waals surface area contributed by atoms with Crippen LogP contribution in [0.3, 0.4) is 0 Å². The number of aromatic amines is 1. The SMILES string of the molecule is CC(NC(=O)Cc1n[nH]c(=O)c2ccccc12)C(=O)NCCO. The lowest BCUT2D eigenvalue weighted by Gasteiger charge is -2.13. The van der Waals surface area contributed by atoms with Crippen LogP contribution in [0.4, 0.5) is 0 Å². The van der Waals surface area contributed by atoms with Crippen molar-refractivity contribution >= 4 is 22.6 Å². The number of nitrogens with one attached hydrogen (secondary N) is 3. The largest absolute Gasteiger partial charge is 0.395 e.